The van der Waals surface area contributed by atoms with Crippen LogP contribution in [0.4, 0.5) is 0 Å². The number of rotatable bonds is 12. The number of ether oxygens (including phenoxy) is 3. The molecule has 0 atom stereocenters. The lowest BCUT2D eigenvalue weighted by Gasteiger charge is -2.14. The SMILES string of the molecule is CCOCCCNC(=NC)NCCc1ccc(OCC)c(OCC)c1.I. The standard InChI is InChI=1S/C19H33N3O3.HI/c1-5-23-14-8-12-21-19(20-4)22-13-11-16-9-10-17(24-6-2)18(15-16)25-7-3;/h9-10,15H,5-8,11-14H2,1-4H3,(H2,20,21,22);1H. The highest BCUT2D eigenvalue weighted by Crippen LogP contribution is 2.28. The molecule has 0 bridgehead atoms. The Morgan fingerprint density at radius 1 is 0.962 bits per heavy atom. The third-order valence-corrected chi connectivity index (χ3v) is 3.50. The summed E-state index contributed by atoms with van der Waals surface area (Å²) in [4.78, 5) is 4.23. The summed E-state index contributed by atoms with van der Waals surface area (Å²) >= 11 is 0. The van der Waals surface area contributed by atoms with Crippen LogP contribution in [0.2, 0.25) is 0 Å². The number of halogens is 1. The summed E-state index contributed by atoms with van der Waals surface area (Å²) in [6.07, 6.45) is 1.84. The molecule has 0 aliphatic heterocycles. The Kier molecular flexibility index (Phi) is 15.2. The second-order valence-corrected chi connectivity index (χ2v) is 5.37. The van der Waals surface area contributed by atoms with Gasteiger partial charge in [0.1, 0.15) is 0 Å². The third kappa shape index (κ3) is 10.1. The first-order chi connectivity index (χ1) is 12.2. The summed E-state index contributed by atoms with van der Waals surface area (Å²) in [5, 5.41) is 6.61. The molecular formula is C19H34IN3O3. The molecule has 1 rings (SSSR count). The van der Waals surface area contributed by atoms with E-state index in [1.807, 2.05) is 26.8 Å². The monoisotopic (exact) mass is 479 g/mol. The smallest absolute Gasteiger partial charge is 0.190 e. The van der Waals surface area contributed by atoms with Crippen molar-refractivity contribution >= 4 is 29.9 Å². The van der Waals surface area contributed by atoms with E-state index < -0.39 is 0 Å². The Balaban J connectivity index is 0.00000625. The molecule has 1 aromatic rings. The zero-order valence-electron chi connectivity index (χ0n) is 16.5. The zero-order chi connectivity index (χ0) is 18.3. The van der Waals surface area contributed by atoms with Crippen molar-refractivity contribution in [2.75, 3.05) is 46.6 Å². The van der Waals surface area contributed by atoms with Crippen LogP contribution in [-0.4, -0.2) is 52.5 Å². The molecule has 0 amide bonds. The maximum Gasteiger partial charge on any atom is 0.190 e. The van der Waals surface area contributed by atoms with E-state index >= 15 is 0 Å². The van der Waals surface area contributed by atoms with Gasteiger partial charge in [0.25, 0.3) is 0 Å². The fourth-order valence-corrected chi connectivity index (χ4v) is 2.32. The lowest BCUT2D eigenvalue weighted by Crippen LogP contribution is -2.39. The Labute approximate surface area is 175 Å². The molecule has 26 heavy (non-hydrogen) atoms. The lowest BCUT2D eigenvalue weighted by molar-refractivity contribution is 0.145. The van der Waals surface area contributed by atoms with Gasteiger partial charge < -0.3 is 24.8 Å². The summed E-state index contributed by atoms with van der Waals surface area (Å²) in [7, 11) is 1.78. The van der Waals surface area contributed by atoms with Crippen molar-refractivity contribution in [2.24, 2.45) is 4.99 Å². The van der Waals surface area contributed by atoms with Gasteiger partial charge >= 0.3 is 0 Å². The van der Waals surface area contributed by atoms with Crippen LogP contribution < -0.4 is 20.1 Å². The average molecular weight is 479 g/mol. The Hall–Kier alpha value is -1.22. The van der Waals surface area contributed by atoms with Gasteiger partial charge in [0.15, 0.2) is 17.5 Å². The van der Waals surface area contributed by atoms with Crippen LogP contribution in [0.1, 0.15) is 32.8 Å². The van der Waals surface area contributed by atoms with Crippen LogP contribution in [-0.2, 0) is 11.2 Å². The van der Waals surface area contributed by atoms with Crippen molar-refractivity contribution in [3.63, 3.8) is 0 Å². The molecule has 6 nitrogen and oxygen atoms in total. The summed E-state index contributed by atoms with van der Waals surface area (Å²) in [5.74, 6) is 2.42. The summed E-state index contributed by atoms with van der Waals surface area (Å²) < 4.78 is 16.6. The first-order valence-electron chi connectivity index (χ1n) is 9.15. The maximum atomic E-state index is 5.67. The molecule has 0 aromatic heterocycles. The van der Waals surface area contributed by atoms with E-state index in [-0.39, 0.29) is 24.0 Å². The normalized spacial score (nSPS) is 10.8. The molecule has 0 heterocycles. The van der Waals surface area contributed by atoms with Gasteiger partial charge in [-0.15, -0.1) is 24.0 Å². The lowest BCUT2D eigenvalue weighted by atomic mass is 10.1. The van der Waals surface area contributed by atoms with Gasteiger partial charge in [-0.3, -0.25) is 4.99 Å². The first-order valence-corrected chi connectivity index (χ1v) is 9.15. The molecule has 0 fully saturated rings. The Bertz CT molecular complexity index is 513. The Morgan fingerprint density at radius 3 is 2.31 bits per heavy atom. The topological polar surface area (TPSA) is 64.1 Å². The van der Waals surface area contributed by atoms with Gasteiger partial charge in [0, 0.05) is 33.4 Å². The Morgan fingerprint density at radius 2 is 1.65 bits per heavy atom. The van der Waals surface area contributed by atoms with E-state index in [2.05, 4.69) is 27.8 Å². The van der Waals surface area contributed by atoms with Gasteiger partial charge in [-0.25, -0.2) is 0 Å². The average Bonchev–Trinajstić information content (AvgIpc) is 2.62. The number of aliphatic imine (C=N–C) groups is 1. The van der Waals surface area contributed by atoms with E-state index in [0.29, 0.717) is 13.2 Å². The molecule has 2 N–H and O–H groups in total. The molecule has 0 spiro atoms. The number of guanidine groups is 1. The first kappa shape index (κ1) is 24.8. The second-order valence-electron chi connectivity index (χ2n) is 5.37. The number of nitrogens with zero attached hydrogens (tertiary/aromatic N) is 1. The summed E-state index contributed by atoms with van der Waals surface area (Å²) in [6, 6.07) is 6.10. The summed E-state index contributed by atoms with van der Waals surface area (Å²) in [5.41, 5.74) is 1.20. The van der Waals surface area contributed by atoms with E-state index in [1.165, 1.54) is 5.56 Å². The number of benzene rings is 1. The van der Waals surface area contributed by atoms with Crippen molar-refractivity contribution in [1.29, 1.82) is 0 Å². The molecule has 0 aliphatic carbocycles. The van der Waals surface area contributed by atoms with Gasteiger partial charge in [0.2, 0.25) is 0 Å². The molecular weight excluding hydrogens is 445 g/mol. The highest BCUT2D eigenvalue weighted by molar-refractivity contribution is 14.0. The van der Waals surface area contributed by atoms with Gasteiger partial charge in [-0.2, -0.15) is 0 Å². The van der Waals surface area contributed by atoms with Crippen LogP contribution >= 0.6 is 24.0 Å². The van der Waals surface area contributed by atoms with Crippen molar-refractivity contribution in [1.82, 2.24) is 10.6 Å². The predicted octanol–water partition coefficient (Wildman–Crippen LogP) is 3.24. The minimum Gasteiger partial charge on any atom is -0.490 e. The number of nitrogens with one attached hydrogen (secondary N) is 2. The third-order valence-electron chi connectivity index (χ3n) is 3.50. The van der Waals surface area contributed by atoms with Gasteiger partial charge in [0.05, 0.1) is 13.2 Å². The quantitative estimate of drug-likeness (QED) is 0.209. The predicted molar refractivity (Wildman–Crippen MR) is 118 cm³/mol. The van der Waals surface area contributed by atoms with Crippen molar-refractivity contribution in [3.05, 3.63) is 23.8 Å². The fourth-order valence-electron chi connectivity index (χ4n) is 2.32. The van der Waals surface area contributed by atoms with E-state index in [0.717, 1.165) is 56.6 Å². The van der Waals surface area contributed by atoms with Crippen LogP contribution in [0.25, 0.3) is 0 Å². The van der Waals surface area contributed by atoms with Crippen LogP contribution in [0, 0.1) is 0 Å². The van der Waals surface area contributed by atoms with E-state index in [9.17, 15) is 0 Å². The zero-order valence-corrected chi connectivity index (χ0v) is 18.8. The maximum absolute atomic E-state index is 5.67. The molecule has 0 radical (unpaired) electrons. The van der Waals surface area contributed by atoms with Crippen LogP contribution in [0.3, 0.4) is 0 Å². The molecule has 0 saturated heterocycles. The van der Waals surface area contributed by atoms with Crippen molar-refractivity contribution in [2.45, 2.75) is 33.6 Å². The highest BCUT2D eigenvalue weighted by atomic mass is 127. The molecule has 1 aromatic carbocycles. The fraction of sp³-hybridized carbons (Fsp3) is 0.632. The second kappa shape index (κ2) is 16.0. The molecule has 0 saturated carbocycles. The van der Waals surface area contributed by atoms with Gasteiger partial charge in [-0.1, -0.05) is 6.07 Å². The van der Waals surface area contributed by atoms with E-state index in [1.54, 1.807) is 7.05 Å². The molecule has 150 valence electrons. The number of hydrogen-bond acceptors (Lipinski definition) is 4. The highest BCUT2D eigenvalue weighted by Gasteiger charge is 2.06. The van der Waals surface area contributed by atoms with Crippen molar-refractivity contribution in [3.8, 4) is 11.5 Å². The van der Waals surface area contributed by atoms with Crippen LogP contribution in [0.5, 0.6) is 11.5 Å². The van der Waals surface area contributed by atoms with Crippen LogP contribution in [0.15, 0.2) is 23.2 Å². The van der Waals surface area contributed by atoms with E-state index in [4.69, 9.17) is 14.2 Å². The minimum atomic E-state index is 0. The minimum absolute atomic E-state index is 0. The molecule has 0 aliphatic rings. The largest absolute Gasteiger partial charge is 0.490 e. The van der Waals surface area contributed by atoms with Crippen molar-refractivity contribution < 1.29 is 14.2 Å². The van der Waals surface area contributed by atoms with Gasteiger partial charge in [-0.05, 0) is 51.3 Å². The summed E-state index contributed by atoms with van der Waals surface area (Å²) in [6.45, 7) is 10.4. The molecule has 0 unspecified atom stereocenters. The number of hydrogen-bond donors (Lipinski definition) is 2. The molecule has 7 heteroatoms.